The third kappa shape index (κ3) is 3.79. The largest absolute Gasteiger partial charge is 0.416 e. The van der Waals surface area contributed by atoms with Crippen molar-refractivity contribution >= 4 is 19.9 Å². The van der Waals surface area contributed by atoms with Crippen LogP contribution < -0.4 is 4.72 Å². The average molecular weight is 357 g/mol. The Hall–Kier alpha value is -1.13. The van der Waals surface area contributed by atoms with Crippen molar-refractivity contribution in [2.45, 2.75) is 30.0 Å². The number of benzene rings is 1. The van der Waals surface area contributed by atoms with Crippen LogP contribution in [0, 0.1) is 0 Å². The minimum atomic E-state index is -4.55. The van der Waals surface area contributed by atoms with Crippen LogP contribution in [0.4, 0.5) is 13.2 Å². The van der Waals surface area contributed by atoms with Crippen molar-refractivity contribution in [3.05, 3.63) is 29.8 Å². The Balaban J connectivity index is 2.25. The first-order valence-corrected chi connectivity index (χ1v) is 9.55. The van der Waals surface area contributed by atoms with Gasteiger partial charge in [0.15, 0.2) is 9.84 Å². The Morgan fingerprint density at radius 2 is 1.73 bits per heavy atom. The normalized spacial score (nSPS) is 25.3. The van der Waals surface area contributed by atoms with Crippen LogP contribution in [-0.2, 0) is 26.0 Å². The van der Waals surface area contributed by atoms with Crippen LogP contribution in [0.3, 0.4) is 0 Å². The van der Waals surface area contributed by atoms with Crippen molar-refractivity contribution in [2.24, 2.45) is 0 Å². The first-order valence-electron chi connectivity index (χ1n) is 6.25. The zero-order valence-corrected chi connectivity index (χ0v) is 13.1. The molecule has 0 unspecified atom stereocenters. The van der Waals surface area contributed by atoms with Crippen LogP contribution in [0.2, 0.25) is 0 Å². The number of nitrogens with one attached hydrogen (secondary N) is 1. The highest BCUT2D eigenvalue weighted by Crippen LogP contribution is 2.30. The summed E-state index contributed by atoms with van der Waals surface area (Å²) in [6, 6.07) is 3.03. The number of hydrogen-bond donors (Lipinski definition) is 1. The minimum Gasteiger partial charge on any atom is -0.229 e. The van der Waals surface area contributed by atoms with Gasteiger partial charge >= 0.3 is 6.18 Å². The van der Waals surface area contributed by atoms with Crippen LogP contribution in [0.25, 0.3) is 0 Å². The average Bonchev–Trinajstić information content (AvgIpc) is 2.61. The highest BCUT2D eigenvalue weighted by molar-refractivity contribution is 7.92. The van der Waals surface area contributed by atoms with Gasteiger partial charge in [-0.1, -0.05) is 0 Å². The molecular formula is C12H14F3NO4S2. The fourth-order valence-electron chi connectivity index (χ4n) is 2.30. The van der Waals surface area contributed by atoms with Gasteiger partial charge < -0.3 is 0 Å². The monoisotopic (exact) mass is 357 g/mol. The smallest absolute Gasteiger partial charge is 0.229 e. The zero-order valence-electron chi connectivity index (χ0n) is 11.5. The summed E-state index contributed by atoms with van der Waals surface area (Å²) in [6.07, 6.45) is -4.43. The molecule has 0 bridgehead atoms. The van der Waals surface area contributed by atoms with E-state index < -0.39 is 37.1 Å². The summed E-state index contributed by atoms with van der Waals surface area (Å²) in [4.78, 5) is -0.342. The lowest BCUT2D eigenvalue weighted by Crippen LogP contribution is -2.46. The maximum absolute atomic E-state index is 12.5. The first kappa shape index (κ1) is 17.2. The van der Waals surface area contributed by atoms with Gasteiger partial charge in [-0.3, -0.25) is 0 Å². The number of sulfone groups is 1. The van der Waals surface area contributed by atoms with Crippen molar-refractivity contribution in [1.29, 1.82) is 0 Å². The van der Waals surface area contributed by atoms with E-state index in [0.717, 1.165) is 12.1 Å². The van der Waals surface area contributed by atoms with Gasteiger partial charge in [0.05, 0.1) is 22.0 Å². The predicted molar refractivity (Wildman–Crippen MR) is 73.4 cm³/mol. The molecular weight excluding hydrogens is 343 g/mol. The second kappa shape index (κ2) is 5.20. The van der Waals surface area contributed by atoms with Gasteiger partial charge in [-0.05, 0) is 37.6 Å². The van der Waals surface area contributed by atoms with E-state index in [1.165, 1.54) is 6.92 Å². The first-order chi connectivity index (χ1) is 9.83. The third-order valence-corrected chi connectivity index (χ3v) is 6.93. The van der Waals surface area contributed by atoms with Crippen molar-refractivity contribution < 1.29 is 30.0 Å². The Bertz CT molecular complexity index is 770. The molecule has 1 aromatic rings. The van der Waals surface area contributed by atoms with E-state index in [-0.39, 0.29) is 22.8 Å². The highest BCUT2D eigenvalue weighted by atomic mass is 32.2. The molecule has 2 rings (SSSR count). The summed E-state index contributed by atoms with van der Waals surface area (Å²) >= 11 is 0. The topological polar surface area (TPSA) is 80.3 Å². The SMILES string of the molecule is C[C@]1(NS(=O)(=O)c2ccc(C(F)(F)F)cc2)CCS(=O)(=O)C1. The molecule has 10 heteroatoms. The summed E-state index contributed by atoms with van der Waals surface area (Å²) in [6.45, 7) is 1.46. The Morgan fingerprint density at radius 3 is 2.14 bits per heavy atom. The molecule has 1 aliphatic heterocycles. The fourth-order valence-corrected chi connectivity index (χ4v) is 5.92. The van der Waals surface area contributed by atoms with E-state index >= 15 is 0 Å². The molecule has 1 fully saturated rings. The van der Waals surface area contributed by atoms with Crippen molar-refractivity contribution in [3.8, 4) is 0 Å². The van der Waals surface area contributed by atoms with Crippen LogP contribution in [-0.4, -0.2) is 33.9 Å². The molecule has 22 heavy (non-hydrogen) atoms. The van der Waals surface area contributed by atoms with Crippen molar-refractivity contribution in [2.75, 3.05) is 11.5 Å². The molecule has 1 aliphatic rings. The Kier molecular flexibility index (Phi) is 4.08. The molecule has 0 aliphatic carbocycles. The summed E-state index contributed by atoms with van der Waals surface area (Å²) in [7, 11) is -7.41. The quantitative estimate of drug-likeness (QED) is 0.890. The van der Waals surface area contributed by atoms with Crippen molar-refractivity contribution in [3.63, 3.8) is 0 Å². The number of halogens is 3. The van der Waals surface area contributed by atoms with Crippen molar-refractivity contribution in [1.82, 2.24) is 4.72 Å². The standard InChI is InChI=1S/C12H14F3NO4S2/c1-11(6-7-21(17,18)8-11)16-22(19,20)10-4-2-9(3-5-10)12(13,14)15/h2-5,16H,6-8H2,1H3/t11-/m0/s1. The Labute approximate surface area is 126 Å². The highest BCUT2D eigenvalue weighted by Gasteiger charge is 2.41. The van der Waals surface area contributed by atoms with Crippen LogP contribution in [0.1, 0.15) is 18.9 Å². The lowest BCUT2D eigenvalue weighted by Gasteiger charge is -2.23. The van der Waals surface area contributed by atoms with E-state index in [4.69, 9.17) is 0 Å². The lowest BCUT2D eigenvalue weighted by molar-refractivity contribution is -0.137. The zero-order chi connectivity index (χ0) is 16.8. The predicted octanol–water partition coefficient (Wildman–Crippen LogP) is 1.56. The van der Waals surface area contributed by atoms with E-state index in [0.29, 0.717) is 12.1 Å². The molecule has 5 nitrogen and oxygen atoms in total. The van der Waals surface area contributed by atoms with Gasteiger partial charge in [0.2, 0.25) is 10.0 Å². The maximum atomic E-state index is 12.5. The molecule has 0 spiro atoms. The maximum Gasteiger partial charge on any atom is 0.416 e. The number of hydrogen-bond acceptors (Lipinski definition) is 4. The molecule has 0 radical (unpaired) electrons. The number of sulfonamides is 1. The lowest BCUT2D eigenvalue weighted by atomic mass is 10.0. The molecule has 1 heterocycles. The summed E-state index contributed by atoms with van der Waals surface area (Å²) < 4.78 is 86.9. The molecule has 0 saturated carbocycles. The summed E-state index contributed by atoms with van der Waals surface area (Å²) in [5.74, 6) is -0.459. The van der Waals surface area contributed by atoms with E-state index in [2.05, 4.69) is 4.72 Å². The van der Waals surface area contributed by atoms with E-state index in [1.54, 1.807) is 0 Å². The fraction of sp³-hybridized carbons (Fsp3) is 0.500. The second-order valence-electron chi connectivity index (χ2n) is 5.53. The van der Waals surface area contributed by atoms with Gasteiger partial charge in [0.1, 0.15) is 0 Å². The molecule has 1 saturated heterocycles. The Morgan fingerprint density at radius 1 is 1.18 bits per heavy atom. The third-order valence-electron chi connectivity index (χ3n) is 3.38. The van der Waals surface area contributed by atoms with Gasteiger partial charge in [-0.2, -0.15) is 13.2 Å². The molecule has 1 atom stereocenters. The number of alkyl halides is 3. The summed E-state index contributed by atoms with van der Waals surface area (Å²) in [5.41, 5.74) is -2.11. The number of rotatable bonds is 3. The van der Waals surface area contributed by atoms with Crippen LogP contribution in [0.5, 0.6) is 0 Å². The van der Waals surface area contributed by atoms with Gasteiger partial charge in [0.25, 0.3) is 0 Å². The molecule has 1 N–H and O–H groups in total. The minimum absolute atomic E-state index is 0.120. The van der Waals surface area contributed by atoms with Crippen LogP contribution >= 0.6 is 0 Å². The molecule has 1 aromatic carbocycles. The van der Waals surface area contributed by atoms with E-state index in [9.17, 15) is 30.0 Å². The van der Waals surface area contributed by atoms with Gasteiger partial charge in [-0.25, -0.2) is 21.6 Å². The second-order valence-corrected chi connectivity index (χ2v) is 9.40. The van der Waals surface area contributed by atoms with Crippen LogP contribution in [0.15, 0.2) is 29.2 Å². The molecule has 0 amide bonds. The van der Waals surface area contributed by atoms with E-state index in [1.807, 2.05) is 0 Å². The molecule has 0 aromatic heterocycles. The van der Waals surface area contributed by atoms with Gasteiger partial charge in [0, 0.05) is 5.54 Å². The molecule has 124 valence electrons. The summed E-state index contributed by atoms with van der Waals surface area (Å²) in [5, 5.41) is 0. The van der Waals surface area contributed by atoms with Gasteiger partial charge in [-0.15, -0.1) is 0 Å².